The third-order valence-corrected chi connectivity index (χ3v) is 2.81. The summed E-state index contributed by atoms with van der Waals surface area (Å²) in [7, 11) is 0. The van der Waals surface area contributed by atoms with Crippen molar-refractivity contribution in [3.63, 3.8) is 0 Å². The molecule has 0 unspecified atom stereocenters. The first-order chi connectivity index (χ1) is 7.24. The first kappa shape index (κ1) is 10.0. The van der Waals surface area contributed by atoms with Crippen LogP contribution in [0.4, 0.5) is 9.52 Å². The summed E-state index contributed by atoms with van der Waals surface area (Å²) in [5.74, 6) is -0.204. The van der Waals surface area contributed by atoms with Crippen molar-refractivity contribution in [2.24, 2.45) is 0 Å². The van der Waals surface area contributed by atoms with Gasteiger partial charge in [0, 0.05) is 6.42 Å². The quantitative estimate of drug-likeness (QED) is 0.866. The number of nitrogen functional groups attached to an aromatic ring is 1. The van der Waals surface area contributed by atoms with Crippen molar-refractivity contribution < 1.29 is 4.39 Å². The minimum absolute atomic E-state index is 0.204. The number of benzene rings is 1. The first-order valence-electron chi connectivity index (χ1n) is 4.56. The Balaban J connectivity index is 1.99. The molecule has 0 amide bonds. The maximum atomic E-state index is 12.9. The Morgan fingerprint density at radius 1 is 1.27 bits per heavy atom. The smallest absolute Gasteiger partial charge is 0.203 e. The number of nitrogens with zero attached hydrogens (tertiary/aromatic N) is 2. The van der Waals surface area contributed by atoms with E-state index in [4.69, 9.17) is 5.73 Å². The number of hydrogen-bond acceptors (Lipinski definition) is 4. The summed E-state index contributed by atoms with van der Waals surface area (Å²) >= 11 is 1.37. The Morgan fingerprint density at radius 2 is 2.13 bits per heavy atom. The molecule has 0 saturated carbocycles. The van der Waals surface area contributed by atoms with E-state index in [-0.39, 0.29) is 5.82 Å². The fraction of sp³-hybridized carbons (Fsp3) is 0.200. The molecular formula is C10H10FN3S. The molecule has 2 N–H and O–H groups in total. The van der Waals surface area contributed by atoms with Crippen LogP contribution < -0.4 is 5.73 Å². The second kappa shape index (κ2) is 4.35. The molecule has 0 spiro atoms. The van der Waals surface area contributed by atoms with Gasteiger partial charge in [-0.3, -0.25) is 0 Å². The van der Waals surface area contributed by atoms with Gasteiger partial charge in [-0.05, 0) is 24.1 Å². The molecular weight excluding hydrogens is 213 g/mol. The minimum atomic E-state index is -0.204. The highest BCUT2D eigenvalue weighted by Gasteiger charge is 2.02. The molecule has 78 valence electrons. The standard InChI is InChI=1S/C10H10FN3S/c11-8-3-1-2-7(6-8)4-5-9-13-14-10(12)15-9/h1-3,6H,4-5H2,(H2,12,14). The maximum absolute atomic E-state index is 12.9. The summed E-state index contributed by atoms with van der Waals surface area (Å²) in [6.07, 6.45) is 1.50. The molecule has 5 heteroatoms. The molecule has 1 aromatic heterocycles. The Labute approximate surface area is 90.8 Å². The lowest BCUT2D eigenvalue weighted by Gasteiger charge is -1.98. The Hall–Kier alpha value is -1.49. The molecule has 0 bridgehead atoms. The van der Waals surface area contributed by atoms with Crippen molar-refractivity contribution in [2.75, 3.05) is 5.73 Å². The molecule has 0 atom stereocenters. The van der Waals surface area contributed by atoms with Gasteiger partial charge in [-0.1, -0.05) is 23.5 Å². The zero-order chi connectivity index (χ0) is 10.7. The zero-order valence-corrected chi connectivity index (χ0v) is 8.80. The SMILES string of the molecule is Nc1nnc(CCc2cccc(F)c2)s1. The molecule has 1 heterocycles. The predicted octanol–water partition coefficient (Wildman–Crippen LogP) is 2.04. The average molecular weight is 223 g/mol. The Morgan fingerprint density at radius 3 is 2.80 bits per heavy atom. The van der Waals surface area contributed by atoms with Crippen LogP contribution in [0.25, 0.3) is 0 Å². The van der Waals surface area contributed by atoms with E-state index in [1.54, 1.807) is 6.07 Å². The van der Waals surface area contributed by atoms with Gasteiger partial charge >= 0.3 is 0 Å². The number of halogens is 1. The van der Waals surface area contributed by atoms with E-state index in [1.165, 1.54) is 23.5 Å². The average Bonchev–Trinajstić information content (AvgIpc) is 2.62. The molecule has 0 aliphatic carbocycles. The topological polar surface area (TPSA) is 51.8 Å². The van der Waals surface area contributed by atoms with Gasteiger partial charge in [0.2, 0.25) is 5.13 Å². The van der Waals surface area contributed by atoms with Gasteiger partial charge in [0.15, 0.2) is 0 Å². The lowest BCUT2D eigenvalue weighted by atomic mass is 10.1. The minimum Gasteiger partial charge on any atom is -0.374 e. The van der Waals surface area contributed by atoms with Crippen molar-refractivity contribution in [3.05, 3.63) is 40.7 Å². The van der Waals surface area contributed by atoms with Crippen molar-refractivity contribution in [1.82, 2.24) is 10.2 Å². The van der Waals surface area contributed by atoms with Crippen LogP contribution in [-0.4, -0.2) is 10.2 Å². The molecule has 15 heavy (non-hydrogen) atoms. The number of rotatable bonds is 3. The Kier molecular flexibility index (Phi) is 2.91. The van der Waals surface area contributed by atoms with Crippen molar-refractivity contribution >= 4 is 16.5 Å². The van der Waals surface area contributed by atoms with E-state index < -0.39 is 0 Å². The third kappa shape index (κ3) is 2.73. The second-order valence-corrected chi connectivity index (χ2v) is 4.26. The van der Waals surface area contributed by atoms with Crippen LogP contribution >= 0.6 is 11.3 Å². The van der Waals surface area contributed by atoms with Crippen LogP contribution in [0.2, 0.25) is 0 Å². The molecule has 0 radical (unpaired) electrons. The highest BCUT2D eigenvalue weighted by Crippen LogP contribution is 2.14. The normalized spacial score (nSPS) is 10.5. The van der Waals surface area contributed by atoms with Gasteiger partial charge in [-0.25, -0.2) is 4.39 Å². The molecule has 2 rings (SSSR count). The number of nitrogens with two attached hydrogens (primary N) is 1. The molecule has 3 nitrogen and oxygen atoms in total. The van der Waals surface area contributed by atoms with Gasteiger partial charge in [0.1, 0.15) is 10.8 Å². The number of aromatic nitrogens is 2. The van der Waals surface area contributed by atoms with Crippen LogP contribution in [0.3, 0.4) is 0 Å². The van der Waals surface area contributed by atoms with Crippen molar-refractivity contribution in [1.29, 1.82) is 0 Å². The fourth-order valence-electron chi connectivity index (χ4n) is 1.31. The van der Waals surface area contributed by atoms with E-state index in [2.05, 4.69) is 10.2 Å². The molecule has 0 fully saturated rings. The highest BCUT2D eigenvalue weighted by molar-refractivity contribution is 7.15. The van der Waals surface area contributed by atoms with Gasteiger partial charge in [0.05, 0.1) is 0 Å². The highest BCUT2D eigenvalue weighted by atomic mass is 32.1. The van der Waals surface area contributed by atoms with Gasteiger partial charge in [0.25, 0.3) is 0 Å². The summed E-state index contributed by atoms with van der Waals surface area (Å²) < 4.78 is 12.9. The number of aryl methyl sites for hydroxylation is 2. The van der Waals surface area contributed by atoms with E-state index >= 15 is 0 Å². The maximum Gasteiger partial charge on any atom is 0.203 e. The van der Waals surface area contributed by atoms with Crippen LogP contribution in [0.15, 0.2) is 24.3 Å². The van der Waals surface area contributed by atoms with Crippen molar-refractivity contribution in [2.45, 2.75) is 12.8 Å². The van der Waals surface area contributed by atoms with E-state index in [1.807, 2.05) is 6.07 Å². The molecule has 2 aromatic rings. The van der Waals surface area contributed by atoms with Crippen molar-refractivity contribution in [3.8, 4) is 0 Å². The van der Waals surface area contributed by atoms with Gasteiger partial charge < -0.3 is 5.73 Å². The predicted molar refractivity (Wildman–Crippen MR) is 58.1 cm³/mol. The molecule has 0 aliphatic heterocycles. The first-order valence-corrected chi connectivity index (χ1v) is 5.38. The van der Waals surface area contributed by atoms with E-state index in [9.17, 15) is 4.39 Å². The number of hydrogen-bond donors (Lipinski definition) is 1. The summed E-state index contributed by atoms with van der Waals surface area (Å²) in [4.78, 5) is 0. The monoisotopic (exact) mass is 223 g/mol. The van der Waals surface area contributed by atoms with Crippen LogP contribution in [0.1, 0.15) is 10.6 Å². The number of anilines is 1. The fourth-order valence-corrected chi connectivity index (χ4v) is 1.92. The molecule has 0 saturated heterocycles. The summed E-state index contributed by atoms with van der Waals surface area (Å²) in [5.41, 5.74) is 6.42. The largest absolute Gasteiger partial charge is 0.374 e. The summed E-state index contributed by atoms with van der Waals surface area (Å²) in [5, 5.41) is 8.98. The van der Waals surface area contributed by atoms with Gasteiger partial charge in [-0.2, -0.15) is 0 Å². The van der Waals surface area contributed by atoms with Gasteiger partial charge in [-0.15, -0.1) is 10.2 Å². The van der Waals surface area contributed by atoms with E-state index in [0.29, 0.717) is 5.13 Å². The lowest BCUT2D eigenvalue weighted by Crippen LogP contribution is -1.91. The van der Waals surface area contributed by atoms with E-state index in [0.717, 1.165) is 23.4 Å². The second-order valence-electron chi connectivity index (χ2n) is 3.16. The lowest BCUT2D eigenvalue weighted by molar-refractivity contribution is 0.625. The Bertz CT molecular complexity index is 455. The van der Waals surface area contributed by atoms with Crippen LogP contribution in [0.5, 0.6) is 0 Å². The van der Waals surface area contributed by atoms with Crippen LogP contribution in [0, 0.1) is 5.82 Å². The zero-order valence-electron chi connectivity index (χ0n) is 7.98. The summed E-state index contributed by atoms with van der Waals surface area (Å²) in [6.45, 7) is 0. The molecule has 1 aromatic carbocycles. The van der Waals surface area contributed by atoms with Crippen LogP contribution in [-0.2, 0) is 12.8 Å². The summed E-state index contributed by atoms with van der Waals surface area (Å²) in [6, 6.07) is 6.57. The third-order valence-electron chi connectivity index (χ3n) is 2.00. The molecule has 0 aliphatic rings.